The predicted octanol–water partition coefficient (Wildman–Crippen LogP) is 5.35. The summed E-state index contributed by atoms with van der Waals surface area (Å²) >= 11 is 13.9. The Morgan fingerprint density at radius 3 is 2.58 bits per heavy atom. The number of ether oxygens (including phenoxy) is 1. The van der Waals surface area contributed by atoms with Crippen molar-refractivity contribution in [2.75, 3.05) is 26.0 Å². The van der Waals surface area contributed by atoms with Crippen molar-refractivity contribution in [1.29, 1.82) is 0 Å². The Morgan fingerprint density at radius 1 is 1.06 bits per heavy atom. The number of likely N-dealkylation sites (tertiary alicyclic amines) is 1. The van der Waals surface area contributed by atoms with Crippen LogP contribution in [0.15, 0.2) is 47.6 Å². The average Bonchev–Trinajstić information content (AvgIpc) is 3.22. The summed E-state index contributed by atoms with van der Waals surface area (Å²) in [5.74, 6) is 1.62. The first-order chi connectivity index (χ1) is 15.1. The topological polar surface area (TPSA) is 60.2 Å². The molecule has 0 N–H and O–H groups in total. The van der Waals surface area contributed by atoms with E-state index in [1.54, 1.807) is 31.4 Å². The van der Waals surface area contributed by atoms with Crippen LogP contribution in [-0.4, -0.2) is 51.5 Å². The van der Waals surface area contributed by atoms with Gasteiger partial charge in [-0.3, -0.25) is 9.36 Å². The number of rotatable bonds is 6. The maximum Gasteiger partial charge on any atom is 0.233 e. The van der Waals surface area contributed by atoms with E-state index in [9.17, 15) is 4.79 Å². The molecule has 0 aliphatic carbocycles. The number of piperidine rings is 1. The molecule has 3 aromatic rings. The highest BCUT2D eigenvalue weighted by atomic mass is 35.5. The molecule has 0 unspecified atom stereocenters. The number of aromatic nitrogens is 3. The zero-order chi connectivity index (χ0) is 21.8. The third kappa shape index (κ3) is 5.00. The maximum atomic E-state index is 12.7. The van der Waals surface area contributed by atoms with Crippen molar-refractivity contribution in [3.05, 3.63) is 52.5 Å². The van der Waals surface area contributed by atoms with Crippen LogP contribution in [0.5, 0.6) is 5.75 Å². The Bertz CT molecular complexity index is 1080. The van der Waals surface area contributed by atoms with Gasteiger partial charge >= 0.3 is 0 Å². The fourth-order valence-corrected chi connectivity index (χ4v) is 4.80. The van der Waals surface area contributed by atoms with E-state index in [2.05, 4.69) is 10.2 Å². The molecule has 9 heteroatoms. The molecule has 2 heterocycles. The molecule has 1 saturated heterocycles. The van der Waals surface area contributed by atoms with E-state index >= 15 is 0 Å². The second-order valence-electron chi connectivity index (χ2n) is 7.20. The van der Waals surface area contributed by atoms with E-state index in [-0.39, 0.29) is 11.7 Å². The van der Waals surface area contributed by atoms with Crippen LogP contribution < -0.4 is 4.74 Å². The van der Waals surface area contributed by atoms with E-state index < -0.39 is 0 Å². The van der Waals surface area contributed by atoms with E-state index in [4.69, 9.17) is 27.9 Å². The number of halogens is 2. The minimum absolute atomic E-state index is 0.113. The van der Waals surface area contributed by atoms with E-state index in [0.29, 0.717) is 32.5 Å². The molecule has 2 aromatic carbocycles. The smallest absolute Gasteiger partial charge is 0.233 e. The van der Waals surface area contributed by atoms with E-state index in [1.165, 1.54) is 18.2 Å². The Hall–Kier alpha value is -2.22. The van der Waals surface area contributed by atoms with Gasteiger partial charge in [0.2, 0.25) is 5.91 Å². The molecule has 31 heavy (non-hydrogen) atoms. The van der Waals surface area contributed by atoms with Gasteiger partial charge in [-0.2, -0.15) is 0 Å². The summed E-state index contributed by atoms with van der Waals surface area (Å²) in [7, 11) is 1.60. The number of carbonyl (C=O) groups excluding carboxylic acids is 1. The van der Waals surface area contributed by atoms with E-state index in [1.807, 2.05) is 27.7 Å². The molecule has 1 amide bonds. The maximum absolute atomic E-state index is 12.7. The van der Waals surface area contributed by atoms with Crippen molar-refractivity contribution in [1.82, 2.24) is 19.7 Å². The second kappa shape index (κ2) is 9.94. The highest BCUT2D eigenvalue weighted by Crippen LogP contribution is 2.35. The highest BCUT2D eigenvalue weighted by molar-refractivity contribution is 7.99. The Balaban J connectivity index is 1.72. The third-order valence-electron chi connectivity index (χ3n) is 5.13. The van der Waals surface area contributed by atoms with Gasteiger partial charge in [0.25, 0.3) is 0 Å². The van der Waals surface area contributed by atoms with Crippen molar-refractivity contribution >= 4 is 40.9 Å². The zero-order valence-corrected chi connectivity index (χ0v) is 19.4. The van der Waals surface area contributed by atoms with Crippen LogP contribution >= 0.6 is 35.0 Å². The van der Waals surface area contributed by atoms with Gasteiger partial charge in [-0.15, -0.1) is 10.2 Å². The molecule has 0 saturated carbocycles. The molecule has 1 aliphatic heterocycles. The van der Waals surface area contributed by atoms with Crippen molar-refractivity contribution in [2.24, 2.45) is 0 Å². The molecule has 4 rings (SSSR count). The van der Waals surface area contributed by atoms with Crippen LogP contribution in [-0.2, 0) is 4.79 Å². The summed E-state index contributed by atoms with van der Waals surface area (Å²) in [6, 6.07) is 12.8. The molecule has 0 bridgehead atoms. The van der Waals surface area contributed by atoms with Gasteiger partial charge < -0.3 is 9.64 Å². The second-order valence-corrected chi connectivity index (χ2v) is 9.01. The predicted molar refractivity (Wildman–Crippen MR) is 125 cm³/mol. The molecular weight excluding hydrogens is 455 g/mol. The number of benzene rings is 2. The van der Waals surface area contributed by atoms with Gasteiger partial charge in [0.05, 0.1) is 18.6 Å². The van der Waals surface area contributed by atoms with Crippen molar-refractivity contribution < 1.29 is 9.53 Å². The number of nitrogens with zero attached hydrogens (tertiary/aromatic N) is 4. The molecular formula is C22H22Cl2N4O2S. The average molecular weight is 477 g/mol. The number of hydrogen-bond acceptors (Lipinski definition) is 5. The number of hydrogen-bond donors (Lipinski definition) is 0. The van der Waals surface area contributed by atoms with Gasteiger partial charge in [-0.25, -0.2) is 0 Å². The number of amides is 1. The van der Waals surface area contributed by atoms with Crippen LogP contribution in [0, 0.1) is 0 Å². The van der Waals surface area contributed by atoms with Crippen molar-refractivity contribution in [3.63, 3.8) is 0 Å². The monoisotopic (exact) mass is 476 g/mol. The standard InChI is InChI=1S/C22H22Cl2N4O2S/c1-30-19-9-8-17(24)13-18(19)28-21(15-6-5-7-16(23)12-15)25-26-22(28)31-14-20(29)27-10-3-2-4-11-27/h5-9,12-13H,2-4,10-11,14H2,1H3. The van der Waals surface area contributed by atoms with Crippen molar-refractivity contribution in [3.8, 4) is 22.8 Å². The lowest BCUT2D eigenvalue weighted by Crippen LogP contribution is -2.36. The van der Waals surface area contributed by atoms with Crippen LogP contribution in [0.25, 0.3) is 17.1 Å². The minimum atomic E-state index is 0.113. The SMILES string of the molecule is COc1ccc(Cl)cc1-n1c(SCC(=O)N2CCCCC2)nnc1-c1cccc(Cl)c1. The first kappa shape index (κ1) is 22.0. The summed E-state index contributed by atoms with van der Waals surface area (Å²) in [6.45, 7) is 1.64. The largest absolute Gasteiger partial charge is 0.495 e. The lowest BCUT2D eigenvalue weighted by Gasteiger charge is -2.26. The first-order valence-electron chi connectivity index (χ1n) is 10.0. The van der Waals surface area contributed by atoms with Gasteiger partial charge in [0.1, 0.15) is 5.75 Å². The fourth-order valence-electron chi connectivity index (χ4n) is 3.59. The quantitative estimate of drug-likeness (QED) is 0.448. The number of methoxy groups -OCH3 is 1. The molecule has 1 fully saturated rings. The van der Waals surface area contributed by atoms with Gasteiger partial charge in [0.15, 0.2) is 11.0 Å². The molecule has 162 valence electrons. The van der Waals surface area contributed by atoms with Gasteiger partial charge in [-0.05, 0) is 49.6 Å². The van der Waals surface area contributed by atoms with E-state index in [0.717, 1.165) is 31.5 Å². The first-order valence-corrected chi connectivity index (χ1v) is 11.8. The Labute approximate surface area is 195 Å². The molecule has 0 radical (unpaired) electrons. The number of carbonyl (C=O) groups is 1. The summed E-state index contributed by atoms with van der Waals surface area (Å²) in [4.78, 5) is 14.6. The zero-order valence-electron chi connectivity index (χ0n) is 17.1. The highest BCUT2D eigenvalue weighted by Gasteiger charge is 2.22. The Morgan fingerprint density at radius 2 is 1.84 bits per heavy atom. The lowest BCUT2D eigenvalue weighted by atomic mass is 10.1. The fraction of sp³-hybridized carbons (Fsp3) is 0.318. The van der Waals surface area contributed by atoms with Crippen LogP contribution in [0.3, 0.4) is 0 Å². The molecule has 1 aromatic heterocycles. The normalized spacial score (nSPS) is 14.0. The Kier molecular flexibility index (Phi) is 7.05. The molecule has 1 aliphatic rings. The summed E-state index contributed by atoms with van der Waals surface area (Å²) < 4.78 is 7.43. The minimum Gasteiger partial charge on any atom is -0.495 e. The molecule has 0 atom stereocenters. The van der Waals surface area contributed by atoms with Crippen LogP contribution in [0.1, 0.15) is 19.3 Å². The summed E-state index contributed by atoms with van der Waals surface area (Å²) in [6.07, 6.45) is 3.30. The molecule has 0 spiro atoms. The molecule has 6 nitrogen and oxygen atoms in total. The third-order valence-corrected chi connectivity index (χ3v) is 6.52. The van der Waals surface area contributed by atoms with Crippen molar-refractivity contribution in [2.45, 2.75) is 24.4 Å². The lowest BCUT2D eigenvalue weighted by molar-refractivity contribution is -0.129. The van der Waals surface area contributed by atoms with Gasteiger partial charge in [0, 0.05) is 28.7 Å². The summed E-state index contributed by atoms with van der Waals surface area (Å²) in [5, 5.41) is 10.5. The van der Waals surface area contributed by atoms with Crippen LogP contribution in [0.4, 0.5) is 0 Å². The number of thioether (sulfide) groups is 1. The summed E-state index contributed by atoms with van der Waals surface area (Å²) in [5.41, 5.74) is 1.50. The van der Waals surface area contributed by atoms with Crippen LogP contribution in [0.2, 0.25) is 10.0 Å². The van der Waals surface area contributed by atoms with Gasteiger partial charge in [-0.1, -0.05) is 47.1 Å².